The monoisotopic (exact) mass is 266 g/mol. The Bertz CT molecular complexity index is 873. The number of hydrogen-bond acceptors (Lipinski definition) is 6. The molecule has 1 aromatic heterocycles. The number of phenolic OH excluding ortho intramolecular Hbond substituents is 2. The van der Waals surface area contributed by atoms with Gasteiger partial charge in [0.1, 0.15) is 23.0 Å². The van der Waals surface area contributed by atoms with Crippen molar-refractivity contribution < 1.29 is 10.2 Å². The van der Waals surface area contributed by atoms with E-state index in [-0.39, 0.29) is 11.5 Å². The molecule has 2 aliphatic rings. The number of pyridine rings is 1. The Hall–Kier alpha value is -2.89. The molecule has 0 radical (unpaired) electrons. The van der Waals surface area contributed by atoms with E-state index in [9.17, 15) is 10.2 Å². The Labute approximate surface area is 113 Å². The fourth-order valence-corrected chi connectivity index (χ4v) is 2.42. The molecule has 3 heterocycles. The lowest BCUT2D eigenvalue weighted by atomic mass is 10.1. The highest BCUT2D eigenvalue weighted by molar-refractivity contribution is 5.68. The maximum Gasteiger partial charge on any atom is 0.161 e. The Morgan fingerprint density at radius 3 is 2.95 bits per heavy atom. The number of nitrogens with one attached hydrogen (secondary N) is 1. The van der Waals surface area contributed by atoms with Crippen LogP contribution in [0.15, 0.2) is 40.6 Å². The van der Waals surface area contributed by atoms with Gasteiger partial charge in [-0.2, -0.15) is 0 Å². The molecule has 1 unspecified atom stereocenters. The number of rotatable bonds is 1. The third kappa shape index (κ3) is 1.48. The minimum Gasteiger partial charge on any atom is -0.508 e. The van der Waals surface area contributed by atoms with Gasteiger partial charge in [-0.1, -0.05) is 0 Å². The topological polar surface area (TPSA) is 90.1 Å². The SMILES string of the molecule is Oc1ccc(C2N=c3cnc4c(c3N2)C=CN=4)c(O)c1. The lowest BCUT2D eigenvalue weighted by molar-refractivity contribution is 0.444. The molecule has 6 nitrogen and oxygen atoms in total. The highest BCUT2D eigenvalue weighted by Crippen LogP contribution is 2.32. The average Bonchev–Trinajstić information content (AvgIpc) is 3.03. The van der Waals surface area contributed by atoms with Crippen molar-refractivity contribution in [1.82, 2.24) is 4.98 Å². The third-order valence-electron chi connectivity index (χ3n) is 3.37. The summed E-state index contributed by atoms with van der Waals surface area (Å²) in [6.45, 7) is 0. The molecule has 0 spiro atoms. The van der Waals surface area contributed by atoms with Gasteiger partial charge in [-0.3, -0.25) is 4.99 Å². The molecule has 20 heavy (non-hydrogen) atoms. The second-order valence-corrected chi connectivity index (χ2v) is 4.62. The lowest BCUT2D eigenvalue weighted by Crippen LogP contribution is -2.17. The number of fused-ring (bicyclic) bond motifs is 3. The van der Waals surface area contributed by atoms with E-state index in [1.54, 1.807) is 18.5 Å². The standard InChI is InChI=1S/C14H10N4O2/c19-7-1-2-8(11(20)5-7)14-17-10-6-16-13-9(3-4-15-13)12(10)18-14/h1-6,14,18-20H. The van der Waals surface area contributed by atoms with Crippen molar-refractivity contribution in [2.24, 2.45) is 9.98 Å². The molecule has 0 bridgehead atoms. The molecular weight excluding hydrogens is 256 g/mol. The van der Waals surface area contributed by atoms with Crippen LogP contribution in [0.2, 0.25) is 0 Å². The lowest BCUT2D eigenvalue weighted by Gasteiger charge is -2.12. The van der Waals surface area contributed by atoms with Gasteiger partial charge in [0.05, 0.1) is 11.9 Å². The Morgan fingerprint density at radius 2 is 2.10 bits per heavy atom. The highest BCUT2D eigenvalue weighted by atomic mass is 16.3. The summed E-state index contributed by atoms with van der Waals surface area (Å²) in [4.78, 5) is 12.9. The molecule has 98 valence electrons. The maximum atomic E-state index is 9.92. The molecular formula is C14H10N4O2. The number of benzene rings is 1. The normalized spacial score (nSPS) is 17.9. The zero-order valence-corrected chi connectivity index (χ0v) is 10.3. The predicted molar refractivity (Wildman–Crippen MR) is 71.7 cm³/mol. The van der Waals surface area contributed by atoms with E-state index in [1.165, 1.54) is 12.1 Å². The van der Waals surface area contributed by atoms with E-state index in [0.717, 1.165) is 16.6 Å². The Balaban J connectivity index is 1.82. The Morgan fingerprint density at radius 1 is 1.20 bits per heavy atom. The minimum atomic E-state index is -0.395. The fourth-order valence-electron chi connectivity index (χ4n) is 2.42. The van der Waals surface area contributed by atoms with Gasteiger partial charge in [0.2, 0.25) is 0 Å². The molecule has 2 aromatic rings. The second-order valence-electron chi connectivity index (χ2n) is 4.62. The van der Waals surface area contributed by atoms with Crippen LogP contribution in [-0.2, 0) is 0 Å². The van der Waals surface area contributed by atoms with Crippen LogP contribution in [0.1, 0.15) is 17.3 Å². The van der Waals surface area contributed by atoms with Crippen LogP contribution >= 0.6 is 0 Å². The van der Waals surface area contributed by atoms with Crippen molar-refractivity contribution in [2.75, 3.05) is 5.32 Å². The molecule has 2 aliphatic heterocycles. The summed E-state index contributed by atoms with van der Waals surface area (Å²) in [6, 6.07) is 4.46. The van der Waals surface area contributed by atoms with E-state index < -0.39 is 6.17 Å². The van der Waals surface area contributed by atoms with E-state index >= 15 is 0 Å². The summed E-state index contributed by atoms with van der Waals surface area (Å²) in [6.07, 6.45) is 4.84. The van der Waals surface area contributed by atoms with Gasteiger partial charge >= 0.3 is 0 Å². The van der Waals surface area contributed by atoms with Gasteiger partial charge in [-0.05, 0) is 18.2 Å². The smallest absolute Gasteiger partial charge is 0.161 e. The summed E-state index contributed by atoms with van der Waals surface area (Å²) < 4.78 is 0. The van der Waals surface area contributed by atoms with Gasteiger partial charge in [0.15, 0.2) is 5.49 Å². The van der Waals surface area contributed by atoms with Gasteiger partial charge < -0.3 is 15.5 Å². The first-order chi connectivity index (χ1) is 9.72. The summed E-state index contributed by atoms with van der Waals surface area (Å²) in [5, 5.41) is 23.2. The average molecular weight is 266 g/mol. The van der Waals surface area contributed by atoms with Gasteiger partial charge in [0.25, 0.3) is 0 Å². The minimum absolute atomic E-state index is 0.00360. The molecule has 6 heteroatoms. The van der Waals surface area contributed by atoms with Gasteiger partial charge in [-0.15, -0.1) is 0 Å². The van der Waals surface area contributed by atoms with Crippen LogP contribution in [0.5, 0.6) is 11.5 Å². The van der Waals surface area contributed by atoms with Crippen LogP contribution in [0.25, 0.3) is 6.08 Å². The number of hydrogen-bond donors (Lipinski definition) is 3. The number of phenols is 2. The molecule has 0 fully saturated rings. The van der Waals surface area contributed by atoms with Gasteiger partial charge in [-0.25, -0.2) is 9.98 Å². The molecule has 4 rings (SSSR count). The molecule has 0 aliphatic carbocycles. The van der Waals surface area contributed by atoms with Crippen molar-refractivity contribution >= 4 is 11.8 Å². The number of aromatic hydroxyl groups is 2. The summed E-state index contributed by atoms with van der Waals surface area (Å²) in [5.74, 6) is 0.0231. The molecule has 0 amide bonds. The summed E-state index contributed by atoms with van der Waals surface area (Å²) >= 11 is 0. The van der Waals surface area contributed by atoms with E-state index in [2.05, 4.69) is 20.3 Å². The van der Waals surface area contributed by atoms with Crippen molar-refractivity contribution in [2.45, 2.75) is 6.17 Å². The molecule has 1 atom stereocenters. The fraction of sp³-hybridized carbons (Fsp3) is 0.0714. The molecule has 3 N–H and O–H groups in total. The van der Waals surface area contributed by atoms with Crippen LogP contribution in [0.4, 0.5) is 5.69 Å². The van der Waals surface area contributed by atoms with Crippen LogP contribution in [0.3, 0.4) is 0 Å². The number of anilines is 1. The Kier molecular flexibility index (Phi) is 2.09. The molecule has 0 saturated heterocycles. The van der Waals surface area contributed by atoms with Crippen molar-refractivity contribution in [3.8, 4) is 11.5 Å². The first-order valence-electron chi connectivity index (χ1n) is 6.12. The molecule has 1 aromatic carbocycles. The summed E-state index contributed by atoms with van der Waals surface area (Å²) in [5.41, 5.74) is 3.05. The number of nitrogens with zero attached hydrogens (tertiary/aromatic N) is 3. The first kappa shape index (κ1) is 11.0. The maximum absolute atomic E-state index is 9.92. The van der Waals surface area contributed by atoms with Crippen molar-refractivity contribution in [1.29, 1.82) is 0 Å². The molecule has 0 saturated carbocycles. The van der Waals surface area contributed by atoms with E-state index in [1.807, 2.05) is 6.08 Å². The highest BCUT2D eigenvalue weighted by Gasteiger charge is 2.23. The third-order valence-corrected chi connectivity index (χ3v) is 3.37. The van der Waals surface area contributed by atoms with Crippen LogP contribution in [-0.4, -0.2) is 15.2 Å². The van der Waals surface area contributed by atoms with Crippen LogP contribution < -0.4 is 16.2 Å². The van der Waals surface area contributed by atoms with E-state index in [0.29, 0.717) is 11.1 Å². The van der Waals surface area contributed by atoms with Gasteiger partial charge in [0, 0.05) is 23.4 Å². The second kappa shape index (κ2) is 3.80. The van der Waals surface area contributed by atoms with Crippen LogP contribution in [0, 0.1) is 0 Å². The van der Waals surface area contributed by atoms with E-state index in [4.69, 9.17) is 0 Å². The first-order valence-corrected chi connectivity index (χ1v) is 6.12. The largest absolute Gasteiger partial charge is 0.508 e. The predicted octanol–water partition coefficient (Wildman–Crippen LogP) is 0.841. The van der Waals surface area contributed by atoms with Crippen molar-refractivity contribution in [3.05, 3.63) is 52.6 Å². The zero-order chi connectivity index (χ0) is 13.7. The van der Waals surface area contributed by atoms with Crippen molar-refractivity contribution in [3.63, 3.8) is 0 Å². The summed E-state index contributed by atoms with van der Waals surface area (Å²) in [7, 11) is 0. The zero-order valence-electron chi connectivity index (χ0n) is 10.3. The quantitative estimate of drug-likeness (QED) is 0.713. The number of aromatic nitrogens is 1.